The lowest BCUT2D eigenvalue weighted by Gasteiger charge is -2.21. The van der Waals surface area contributed by atoms with Crippen molar-refractivity contribution in [3.8, 4) is 5.75 Å². The number of hydrogen-bond acceptors (Lipinski definition) is 3. The molecule has 2 aromatic rings. The fraction of sp³-hybridized carbons (Fsp3) is 0.353. The number of nitrogens with zero attached hydrogens (tertiary/aromatic N) is 1. The Kier molecular flexibility index (Phi) is 4.06. The Morgan fingerprint density at radius 3 is 2.71 bits per heavy atom. The highest BCUT2D eigenvalue weighted by molar-refractivity contribution is 6.08. The highest BCUT2D eigenvalue weighted by Gasteiger charge is 2.19. The molecule has 1 aliphatic heterocycles. The lowest BCUT2D eigenvalue weighted by Crippen LogP contribution is -2.34. The topological polar surface area (TPSA) is 41.6 Å². The molecule has 0 atom stereocenters. The highest BCUT2D eigenvalue weighted by atomic mass is 16.5. The predicted octanol–water partition coefficient (Wildman–Crippen LogP) is 2.28. The van der Waals surface area contributed by atoms with E-state index in [4.69, 9.17) is 4.74 Å². The van der Waals surface area contributed by atoms with Gasteiger partial charge in [0.1, 0.15) is 5.75 Å². The van der Waals surface area contributed by atoms with Gasteiger partial charge in [0, 0.05) is 30.6 Å². The number of fused-ring (bicyclic) bond motifs is 1. The Labute approximate surface area is 124 Å². The van der Waals surface area contributed by atoms with Gasteiger partial charge >= 0.3 is 0 Å². The average molecular weight is 284 g/mol. The van der Waals surface area contributed by atoms with Crippen LogP contribution in [0.15, 0.2) is 36.4 Å². The maximum absolute atomic E-state index is 12.8. The summed E-state index contributed by atoms with van der Waals surface area (Å²) in [5, 5.41) is 5.27. The molecule has 1 amide bonds. The van der Waals surface area contributed by atoms with E-state index in [1.807, 2.05) is 41.3 Å². The fourth-order valence-electron chi connectivity index (χ4n) is 2.86. The number of carbonyl (C=O) groups is 1. The zero-order chi connectivity index (χ0) is 14.7. The standard InChI is InChI=1S/C17H20N2O2/c1-21-16-8-7-15(13-5-2-3-6-14(13)16)17(20)19-11-4-9-18-10-12-19/h2-3,5-8,18H,4,9-12H2,1H3. The van der Waals surface area contributed by atoms with Gasteiger partial charge in [0.2, 0.25) is 0 Å². The number of benzene rings is 2. The van der Waals surface area contributed by atoms with Crippen LogP contribution in [0.2, 0.25) is 0 Å². The lowest BCUT2D eigenvalue weighted by molar-refractivity contribution is 0.0768. The van der Waals surface area contributed by atoms with Crippen molar-refractivity contribution in [3.05, 3.63) is 42.0 Å². The largest absolute Gasteiger partial charge is 0.496 e. The Morgan fingerprint density at radius 2 is 1.90 bits per heavy atom. The minimum absolute atomic E-state index is 0.109. The number of carbonyl (C=O) groups excluding carboxylic acids is 1. The molecule has 0 spiro atoms. The van der Waals surface area contributed by atoms with Crippen molar-refractivity contribution in [2.45, 2.75) is 6.42 Å². The van der Waals surface area contributed by atoms with E-state index in [1.54, 1.807) is 7.11 Å². The second-order valence-electron chi connectivity index (χ2n) is 5.26. The van der Waals surface area contributed by atoms with E-state index in [1.165, 1.54) is 0 Å². The van der Waals surface area contributed by atoms with Gasteiger partial charge in [-0.3, -0.25) is 4.79 Å². The van der Waals surface area contributed by atoms with Crippen LogP contribution in [0.4, 0.5) is 0 Å². The minimum atomic E-state index is 0.109. The van der Waals surface area contributed by atoms with Crippen LogP contribution >= 0.6 is 0 Å². The van der Waals surface area contributed by atoms with Gasteiger partial charge in [-0.1, -0.05) is 24.3 Å². The molecule has 0 unspecified atom stereocenters. The first-order valence-electron chi connectivity index (χ1n) is 7.37. The SMILES string of the molecule is COc1ccc(C(=O)N2CCCNCC2)c2ccccc12. The van der Waals surface area contributed by atoms with Gasteiger partial charge in [-0.15, -0.1) is 0 Å². The Morgan fingerprint density at radius 1 is 1.10 bits per heavy atom. The second kappa shape index (κ2) is 6.14. The number of ether oxygens (including phenoxy) is 1. The predicted molar refractivity (Wildman–Crippen MR) is 83.9 cm³/mol. The molecule has 1 aliphatic rings. The maximum Gasteiger partial charge on any atom is 0.254 e. The summed E-state index contributed by atoms with van der Waals surface area (Å²) in [4.78, 5) is 14.8. The average Bonchev–Trinajstić information content (AvgIpc) is 2.82. The van der Waals surface area contributed by atoms with Gasteiger partial charge in [-0.05, 0) is 30.5 Å². The maximum atomic E-state index is 12.8. The van der Waals surface area contributed by atoms with Crippen LogP contribution in [0.3, 0.4) is 0 Å². The second-order valence-corrected chi connectivity index (χ2v) is 5.26. The van der Waals surface area contributed by atoms with Crippen molar-refractivity contribution in [1.82, 2.24) is 10.2 Å². The minimum Gasteiger partial charge on any atom is -0.496 e. The highest BCUT2D eigenvalue weighted by Crippen LogP contribution is 2.29. The van der Waals surface area contributed by atoms with Gasteiger partial charge in [0.25, 0.3) is 5.91 Å². The van der Waals surface area contributed by atoms with Gasteiger partial charge in [0.05, 0.1) is 7.11 Å². The van der Waals surface area contributed by atoms with E-state index < -0.39 is 0 Å². The third-order valence-corrected chi connectivity index (χ3v) is 3.96. The summed E-state index contributed by atoms with van der Waals surface area (Å²) < 4.78 is 5.39. The summed E-state index contributed by atoms with van der Waals surface area (Å²) in [7, 11) is 1.66. The van der Waals surface area contributed by atoms with Crippen molar-refractivity contribution in [3.63, 3.8) is 0 Å². The number of amides is 1. The molecule has 1 fully saturated rings. The summed E-state index contributed by atoms with van der Waals surface area (Å²) >= 11 is 0. The van der Waals surface area contributed by atoms with Gasteiger partial charge in [0.15, 0.2) is 0 Å². The Balaban J connectivity index is 2.01. The van der Waals surface area contributed by atoms with E-state index in [0.717, 1.165) is 54.7 Å². The van der Waals surface area contributed by atoms with E-state index in [0.29, 0.717) is 0 Å². The number of rotatable bonds is 2. The van der Waals surface area contributed by atoms with Crippen molar-refractivity contribution in [2.24, 2.45) is 0 Å². The molecule has 3 rings (SSSR count). The molecule has 0 bridgehead atoms. The molecule has 0 radical (unpaired) electrons. The first-order valence-corrected chi connectivity index (χ1v) is 7.37. The molecule has 1 N–H and O–H groups in total. The van der Waals surface area contributed by atoms with Crippen LogP contribution in [-0.2, 0) is 0 Å². The van der Waals surface area contributed by atoms with Crippen LogP contribution in [0, 0.1) is 0 Å². The third-order valence-electron chi connectivity index (χ3n) is 3.96. The van der Waals surface area contributed by atoms with Crippen LogP contribution in [0.1, 0.15) is 16.8 Å². The molecule has 21 heavy (non-hydrogen) atoms. The smallest absolute Gasteiger partial charge is 0.254 e. The summed E-state index contributed by atoms with van der Waals surface area (Å²) in [5.74, 6) is 0.914. The molecular weight excluding hydrogens is 264 g/mol. The molecular formula is C17H20N2O2. The first kappa shape index (κ1) is 13.9. The quantitative estimate of drug-likeness (QED) is 0.920. The number of methoxy groups -OCH3 is 1. The van der Waals surface area contributed by atoms with Gasteiger partial charge in [-0.25, -0.2) is 0 Å². The number of nitrogens with one attached hydrogen (secondary N) is 1. The normalized spacial score (nSPS) is 15.8. The van der Waals surface area contributed by atoms with Crippen LogP contribution in [0.5, 0.6) is 5.75 Å². The van der Waals surface area contributed by atoms with Crippen molar-refractivity contribution in [2.75, 3.05) is 33.3 Å². The van der Waals surface area contributed by atoms with Crippen molar-refractivity contribution in [1.29, 1.82) is 0 Å². The molecule has 0 aromatic heterocycles. The van der Waals surface area contributed by atoms with Crippen LogP contribution in [-0.4, -0.2) is 44.1 Å². The first-order chi connectivity index (χ1) is 10.3. The molecule has 1 saturated heterocycles. The Hall–Kier alpha value is -2.07. The molecule has 4 heteroatoms. The van der Waals surface area contributed by atoms with E-state index in [2.05, 4.69) is 5.32 Å². The fourth-order valence-corrected chi connectivity index (χ4v) is 2.86. The Bertz CT molecular complexity index is 646. The van der Waals surface area contributed by atoms with E-state index in [9.17, 15) is 4.79 Å². The molecule has 0 saturated carbocycles. The number of hydrogen-bond donors (Lipinski definition) is 1. The lowest BCUT2D eigenvalue weighted by atomic mass is 10.0. The molecule has 4 nitrogen and oxygen atoms in total. The van der Waals surface area contributed by atoms with Crippen LogP contribution < -0.4 is 10.1 Å². The van der Waals surface area contributed by atoms with Crippen LogP contribution in [0.25, 0.3) is 10.8 Å². The monoisotopic (exact) mass is 284 g/mol. The van der Waals surface area contributed by atoms with Gasteiger partial charge < -0.3 is 15.0 Å². The zero-order valence-electron chi connectivity index (χ0n) is 12.3. The van der Waals surface area contributed by atoms with Gasteiger partial charge in [-0.2, -0.15) is 0 Å². The van der Waals surface area contributed by atoms with Crippen molar-refractivity contribution < 1.29 is 9.53 Å². The molecule has 110 valence electrons. The molecule has 1 heterocycles. The van der Waals surface area contributed by atoms with E-state index >= 15 is 0 Å². The van der Waals surface area contributed by atoms with Crippen molar-refractivity contribution >= 4 is 16.7 Å². The molecule has 2 aromatic carbocycles. The summed E-state index contributed by atoms with van der Waals surface area (Å²) in [5.41, 5.74) is 0.758. The third kappa shape index (κ3) is 2.72. The molecule has 0 aliphatic carbocycles. The zero-order valence-corrected chi connectivity index (χ0v) is 12.3. The van der Waals surface area contributed by atoms with E-state index in [-0.39, 0.29) is 5.91 Å². The summed E-state index contributed by atoms with van der Waals surface area (Å²) in [6.45, 7) is 3.42. The summed E-state index contributed by atoms with van der Waals surface area (Å²) in [6.07, 6.45) is 1.000. The summed E-state index contributed by atoms with van der Waals surface area (Å²) in [6, 6.07) is 11.7.